The Labute approximate surface area is 92.0 Å². The normalized spacial score (nSPS) is 10.4. The molecular formula is C10H12N4O2. The molecule has 0 bridgehead atoms. The van der Waals surface area contributed by atoms with Gasteiger partial charge < -0.3 is 4.42 Å². The molecule has 0 aliphatic rings. The van der Waals surface area contributed by atoms with Crippen LogP contribution in [0.2, 0.25) is 0 Å². The molecule has 2 rings (SSSR count). The molecule has 6 nitrogen and oxygen atoms in total. The SMILES string of the molecule is Cc1ccnn1Cc1cc(C(=O)NN)co1. The number of nitrogen functional groups attached to an aromatic ring is 1. The summed E-state index contributed by atoms with van der Waals surface area (Å²) in [6.45, 7) is 2.44. The van der Waals surface area contributed by atoms with Crippen LogP contribution in [0.4, 0.5) is 0 Å². The van der Waals surface area contributed by atoms with E-state index in [2.05, 4.69) is 5.10 Å². The van der Waals surface area contributed by atoms with E-state index in [4.69, 9.17) is 10.3 Å². The van der Waals surface area contributed by atoms with Crippen LogP contribution >= 0.6 is 0 Å². The van der Waals surface area contributed by atoms with Crippen molar-refractivity contribution < 1.29 is 9.21 Å². The number of hydrogen-bond donors (Lipinski definition) is 2. The minimum Gasteiger partial charge on any atom is -0.467 e. The van der Waals surface area contributed by atoms with Gasteiger partial charge in [0, 0.05) is 11.9 Å². The molecule has 1 amide bonds. The van der Waals surface area contributed by atoms with Crippen LogP contribution in [-0.4, -0.2) is 15.7 Å². The highest BCUT2D eigenvalue weighted by molar-refractivity contribution is 5.93. The zero-order chi connectivity index (χ0) is 11.5. The van der Waals surface area contributed by atoms with Gasteiger partial charge in [0.05, 0.1) is 12.1 Å². The van der Waals surface area contributed by atoms with E-state index in [1.165, 1.54) is 6.26 Å². The Morgan fingerprint density at radius 1 is 1.69 bits per heavy atom. The fraction of sp³-hybridized carbons (Fsp3) is 0.200. The third-order valence-corrected chi connectivity index (χ3v) is 2.28. The van der Waals surface area contributed by atoms with E-state index in [9.17, 15) is 4.79 Å². The predicted molar refractivity (Wildman–Crippen MR) is 56.4 cm³/mol. The Hall–Kier alpha value is -2.08. The van der Waals surface area contributed by atoms with Crippen molar-refractivity contribution in [2.75, 3.05) is 0 Å². The predicted octanol–water partition coefficient (Wildman–Crippen LogP) is 0.436. The molecule has 0 saturated heterocycles. The lowest BCUT2D eigenvalue weighted by Gasteiger charge is -2.00. The van der Waals surface area contributed by atoms with Crippen LogP contribution in [0.5, 0.6) is 0 Å². The van der Waals surface area contributed by atoms with Crippen LogP contribution in [0.15, 0.2) is 29.0 Å². The number of nitrogens with zero attached hydrogens (tertiary/aromatic N) is 2. The van der Waals surface area contributed by atoms with Crippen molar-refractivity contribution in [1.29, 1.82) is 0 Å². The van der Waals surface area contributed by atoms with Crippen LogP contribution in [-0.2, 0) is 6.54 Å². The van der Waals surface area contributed by atoms with Crippen LogP contribution in [0.3, 0.4) is 0 Å². The van der Waals surface area contributed by atoms with Gasteiger partial charge in [0.2, 0.25) is 0 Å². The Morgan fingerprint density at radius 3 is 3.12 bits per heavy atom. The number of nitrogens with two attached hydrogens (primary N) is 1. The van der Waals surface area contributed by atoms with Crippen molar-refractivity contribution in [3.63, 3.8) is 0 Å². The monoisotopic (exact) mass is 220 g/mol. The van der Waals surface area contributed by atoms with Gasteiger partial charge in [-0.05, 0) is 19.1 Å². The third kappa shape index (κ3) is 1.96. The number of aromatic nitrogens is 2. The second kappa shape index (κ2) is 4.19. The highest BCUT2D eigenvalue weighted by Crippen LogP contribution is 2.10. The summed E-state index contributed by atoms with van der Waals surface area (Å²) in [5.41, 5.74) is 3.48. The fourth-order valence-corrected chi connectivity index (χ4v) is 1.38. The zero-order valence-electron chi connectivity index (χ0n) is 8.80. The average molecular weight is 220 g/mol. The molecule has 0 aromatic carbocycles. The fourth-order valence-electron chi connectivity index (χ4n) is 1.38. The highest BCUT2D eigenvalue weighted by Gasteiger charge is 2.09. The summed E-state index contributed by atoms with van der Waals surface area (Å²) in [6.07, 6.45) is 3.09. The van der Waals surface area contributed by atoms with Gasteiger partial charge in [-0.25, -0.2) is 5.84 Å². The lowest BCUT2D eigenvalue weighted by Crippen LogP contribution is -2.29. The van der Waals surface area contributed by atoms with Gasteiger partial charge >= 0.3 is 0 Å². The smallest absolute Gasteiger partial charge is 0.268 e. The maximum absolute atomic E-state index is 11.2. The quantitative estimate of drug-likeness (QED) is 0.446. The van der Waals surface area contributed by atoms with E-state index in [0.717, 1.165) is 5.69 Å². The summed E-state index contributed by atoms with van der Waals surface area (Å²) in [7, 11) is 0. The summed E-state index contributed by atoms with van der Waals surface area (Å²) in [4.78, 5) is 11.2. The number of hydrogen-bond acceptors (Lipinski definition) is 4. The van der Waals surface area contributed by atoms with E-state index in [0.29, 0.717) is 17.9 Å². The first-order valence-electron chi connectivity index (χ1n) is 4.77. The minimum absolute atomic E-state index is 0.368. The average Bonchev–Trinajstić information content (AvgIpc) is 2.89. The molecule has 0 fully saturated rings. The van der Waals surface area contributed by atoms with E-state index < -0.39 is 0 Å². The molecule has 84 valence electrons. The first kappa shape index (κ1) is 10.4. The standard InChI is InChI=1S/C10H12N4O2/c1-7-2-3-12-14(7)5-9-4-8(6-16-9)10(15)13-11/h2-4,6H,5,11H2,1H3,(H,13,15). The number of furan rings is 1. The van der Waals surface area contributed by atoms with Crippen molar-refractivity contribution in [2.45, 2.75) is 13.5 Å². The molecule has 2 aromatic rings. The summed E-state index contributed by atoms with van der Waals surface area (Å²) in [5, 5.41) is 4.12. The molecule has 0 radical (unpaired) electrons. The number of carbonyl (C=O) groups excluding carboxylic acids is 1. The van der Waals surface area contributed by atoms with Gasteiger partial charge in [-0.1, -0.05) is 0 Å². The summed E-state index contributed by atoms with van der Waals surface area (Å²) >= 11 is 0. The molecule has 0 aliphatic heterocycles. The van der Waals surface area contributed by atoms with E-state index >= 15 is 0 Å². The largest absolute Gasteiger partial charge is 0.467 e. The molecule has 0 unspecified atom stereocenters. The lowest BCUT2D eigenvalue weighted by atomic mass is 10.3. The second-order valence-electron chi connectivity index (χ2n) is 3.41. The maximum atomic E-state index is 11.2. The number of nitrogens with one attached hydrogen (secondary N) is 1. The first-order valence-corrected chi connectivity index (χ1v) is 4.77. The minimum atomic E-state index is -0.368. The van der Waals surface area contributed by atoms with Crippen LogP contribution in [0.25, 0.3) is 0 Å². The highest BCUT2D eigenvalue weighted by atomic mass is 16.3. The van der Waals surface area contributed by atoms with Crippen molar-refractivity contribution in [3.05, 3.63) is 41.6 Å². The lowest BCUT2D eigenvalue weighted by molar-refractivity contribution is 0.0953. The molecule has 3 N–H and O–H groups in total. The molecule has 0 saturated carbocycles. The molecule has 2 heterocycles. The van der Waals surface area contributed by atoms with Crippen molar-refractivity contribution in [3.8, 4) is 0 Å². The maximum Gasteiger partial charge on any atom is 0.268 e. The van der Waals surface area contributed by atoms with Gasteiger partial charge in [-0.15, -0.1) is 0 Å². The summed E-state index contributed by atoms with van der Waals surface area (Å²) in [6, 6.07) is 3.54. The van der Waals surface area contributed by atoms with E-state index in [-0.39, 0.29) is 5.91 Å². The van der Waals surface area contributed by atoms with E-state index in [1.807, 2.05) is 18.4 Å². The first-order chi connectivity index (χ1) is 7.70. The summed E-state index contributed by atoms with van der Waals surface area (Å²) < 4.78 is 7.02. The number of aryl methyl sites for hydroxylation is 1. The van der Waals surface area contributed by atoms with Gasteiger partial charge in [0.1, 0.15) is 12.0 Å². The van der Waals surface area contributed by atoms with Crippen molar-refractivity contribution in [2.24, 2.45) is 5.84 Å². The van der Waals surface area contributed by atoms with Crippen LogP contribution in [0, 0.1) is 6.92 Å². The van der Waals surface area contributed by atoms with Gasteiger partial charge in [-0.3, -0.25) is 14.9 Å². The van der Waals surface area contributed by atoms with Crippen molar-refractivity contribution >= 4 is 5.91 Å². The molecular weight excluding hydrogens is 208 g/mol. The number of rotatable bonds is 3. The molecule has 2 aromatic heterocycles. The van der Waals surface area contributed by atoms with Gasteiger partial charge in [-0.2, -0.15) is 5.10 Å². The van der Waals surface area contributed by atoms with Crippen molar-refractivity contribution in [1.82, 2.24) is 15.2 Å². The molecule has 0 atom stereocenters. The van der Waals surface area contributed by atoms with Crippen LogP contribution < -0.4 is 11.3 Å². The Balaban J connectivity index is 2.14. The Kier molecular flexibility index (Phi) is 2.74. The summed E-state index contributed by atoms with van der Waals surface area (Å²) in [5.74, 6) is 5.30. The second-order valence-corrected chi connectivity index (χ2v) is 3.41. The molecule has 0 spiro atoms. The molecule has 6 heteroatoms. The number of hydrazine groups is 1. The van der Waals surface area contributed by atoms with Crippen LogP contribution in [0.1, 0.15) is 21.8 Å². The van der Waals surface area contributed by atoms with Gasteiger partial charge in [0.15, 0.2) is 0 Å². The molecule has 0 aliphatic carbocycles. The topological polar surface area (TPSA) is 86.1 Å². The van der Waals surface area contributed by atoms with E-state index in [1.54, 1.807) is 16.9 Å². The Morgan fingerprint density at radius 2 is 2.50 bits per heavy atom. The Bertz CT molecular complexity index is 500. The number of amides is 1. The third-order valence-electron chi connectivity index (χ3n) is 2.28. The van der Waals surface area contributed by atoms with Gasteiger partial charge in [0.25, 0.3) is 5.91 Å². The number of carbonyl (C=O) groups is 1. The molecule has 16 heavy (non-hydrogen) atoms. The zero-order valence-corrected chi connectivity index (χ0v) is 8.80.